The van der Waals surface area contributed by atoms with Crippen molar-refractivity contribution in [3.63, 3.8) is 0 Å². The minimum atomic E-state index is -3.13. The maximum atomic E-state index is 12.5. The highest BCUT2D eigenvalue weighted by molar-refractivity contribution is 7.89. The minimum Gasteiger partial charge on any atom is -0.324 e. The first-order chi connectivity index (χ1) is 11.0. The molecule has 0 aromatic heterocycles. The van der Waals surface area contributed by atoms with Gasteiger partial charge in [-0.25, -0.2) is 8.42 Å². The van der Waals surface area contributed by atoms with Crippen molar-refractivity contribution in [3.05, 3.63) is 29.8 Å². The van der Waals surface area contributed by atoms with Crippen molar-refractivity contribution < 1.29 is 13.2 Å². The molecule has 126 valence electrons. The maximum absolute atomic E-state index is 12.5. The van der Waals surface area contributed by atoms with Gasteiger partial charge in [-0.2, -0.15) is 4.31 Å². The van der Waals surface area contributed by atoms with Crippen LogP contribution in [0.5, 0.6) is 0 Å². The molecule has 1 amide bonds. The van der Waals surface area contributed by atoms with Gasteiger partial charge in [-0.05, 0) is 31.4 Å². The Kier molecular flexibility index (Phi) is 4.70. The molecule has 2 aliphatic heterocycles. The largest absolute Gasteiger partial charge is 0.324 e. The molecule has 1 fully saturated rings. The van der Waals surface area contributed by atoms with Gasteiger partial charge < -0.3 is 5.32 Å². The van der Waals surface area contributed by atoms with Gasteiger partial charge >= 0.3 is 0 Å². The molecule has 7 heteroatoms. The second-order valence-electron chi connectivity index (χ2n) is 6.04. The second kappa shape index (κ2) is 6.59. The van der Waals surface area contributed by atoms with Crippen molar-refractivity contribution in [3.8, 4) is 0 Å². The molecular weight excluding hydrogens is 314 g/mol. The monoisotopic (exact) mass is 337 g/mol. The first kappa shape index (κ1) is 16.4. The molecule has 0 radical (unpaired) electrons. The first-order valence-corrected chi connectivity index (χ1v) is 9.73. The van der Waals surface area contributed by atoms with E-state index in [1.807, 2.05) is 24.3 Å². The normalized spacial score (nSPS) is 23.9. The van der Waals surface area contributed by atoms with Gasteiger partial charge in [-0.15, -0.1) is 0 Å². The number of nitrogens with one attached hydrogen (secondary N) is 1. The average Bonchev–Trinajstić information content (AvgIpc) is 2.73. The van der Waals surface area contributed by atoms with Crippen molar-refractivity contribution in [2.24, 2.45) is 0 Å². The Morgan fingerprint density at radius 1 is 1.17 bits per heavy atom. The second-order valence-corrected chi connectivity index (χ2v) is 8.29. The number of amides is 1. The van der Waals surface area contributed by atoms with Crippen molar-refractivity contribution >= 4 is 21.6 Å². The molecule has 1 unspecified atom stereocenters. The molecule has 0 spiro atoms. The van der Waals surface area contributed by atoms with Crippen LogP contribution in [0, 0.1) is 0 Å². The molecule has 0 saturated carbocycles. The molecule has 1 aromatic carbocycles. The van der Waals surface area contributed by atoms with Crippen LogP contribution >= 0.6 is 0 Å². The number of rotatable bonds is 3. The summed E-state index contributed by atoms with van der Waals surface area (Å²) >= 11 is 0. The number of anilines is 1. The van der Waals surface area contributed by atoms with Crippen molar-refractivity contribution in [1.29, 1.82) is 0 Å². The molecule has 6 nitrogen and oxygen atoms in total. The molecule has 1 aromatic rings. The molecule has 0 aliphatic carbocycles. The van der Waals surface area contributed by atoms with Crippen LogP contribution in [0.15, 0.2) is 24.3 Å². The highest BCUT2D eigenvalue weighted by Gasteiger charge is 2.33. The van der Waals surface area contributed by atoms with Gasteiger partial charge in [0.25, 0.3) is 0 Å². The lowest BCUT2D eigenvalue weighted by molar-refractivity contribution is -0.121. The zero-order chi connectivity index (χ0) is 16.4. The summed E-state index contributed by atoms with van der Waals surface area (Å²) in [6, 6.07) is 7.70. The quantitative estimate of drug-likeness (QED) is 0.890. The Labute approximate surface area is 137 Å². The number of para-hydroxylation sites is 1. The molecule has 1 atom stereocenters. The third-order valence-electron chi connectivity index (χ3n) is 4.74. The standard InChI is InChI=1S/C16H23N3O3S/c1-2-23(21,22)19-11-9-18(10-12-19)15-8-7-13-5-3-4-6-14(13)17-16(15)20/h3-6,15H,2,7-12H2,1H3,(H,17,20). The van der Waals surface area contributed by atoms with Crippen molar-refractivity contribution in [1.82, 2.24) is 9.21 Å². The first-order valence-electron chi connectivity index (χ1n) is 8.12. The van der Waals surface area contributed by atoms with Gasteiger partial charge in [0.2, 0.25) is 15.9 Å². The fourth-order valence-corrected chi connectivity index (χ4v) is 4.41. The molecule has 2 aliphatic rings. The minimum absolute atomic E-state index is 0.0155. The van der Waals surface area contributed by atoms with E-state index in [-0.39, 0.29) is 17.7 Å². The lowest BCUT2D eigenvalue weighted by Gasteiger charge is -2.37. The van der Waals surface area contributed by atoms with E-state index in [1.54, 1.807) is 6.92 Å². The zero-order valence-electron chi connectivity index (χ0n) is 13.4. The number of piperazine rings is 1. The number of fused-ring (bicyclic) bond motifs is 1. The van der Waals surface area contributed by atoms with Gasteiger partial charge in [0.15, 0.2) is 0 Å². The van der Waals surface area contributed by atoms with E-state index in [0.717, 1.165) is 24.1 Å². The Morgan fingerprint density at radius 3 is 2.57 bits per heavy atom. The van der Waals surface area contributed by atoms with Crippen LogP contribution in [-0.2, 0) is 21.2 Å². The third kappa shape index (κ3) is 3.41. The number of aryl methyl sites for hydroxylation is 1. The summed E-state index contributed by atoms with van der Waals surface area (Å²) < 4.78 is 25.4. The summed E-state index contributed by atoms with van der Waals surface area (Å²) in [6.45, 7) is 3.80. The van der Waals surface area contributed by atoms with Crippen LogP contribution in [0.4, 0.5) is 5.69 Å². The van der Waals surface area contributed by atoms with Gasteiger partial charge in [-0.3, -0.25) is 9.69 Å². The number of sulfonamides is 1. The lowest BCUT2D eigenvalue weighted by Crippen LogP contribution is -2.54. The highest BCUT2D eigenvalue weighted by Crippen LogP contribution is 2.24. The number of carbonyl (C=O) groups is 1. The number of hydrogen-bond acceptors (Lipinski definition) is 4. The van der Waals surface area contributed by atoms with Crippen molar-refractivity contribution in [2.45, 2.75) is 25.8 Å². The van der Waals surface area contributed by atoms with E-state index >= 15 is 0 Å². The predicted octanol–water partition coefficient (Wildman–Crippen LogP) is 0.907. The average molecular weight is 337 g/mol. The van der Waals surface area contributed by atoms with E-state index in [0.29, 0.717) is 26.2 Å². The smallest absolute Gasteiger partial charge is 0.241 e. The van der Waals surface area contributed by atoms with Gasteiger partial charge in [0, 0.05) is 31.9 Å². The summed E-state index contributed by atoms with van der Waals surface area (Å²) in [6.07, 6.45) is 1.62. The van der Waals surface area contributed by atoms with Crippen LogP contribution in [0.25, 0.3) is 0 Å². The third-order valence-corrected chi connectivity index (χ3v) is 6.62. The molecule has 1 saturated heterocycles. The molecule has 2 heterocycles. The highest BCUT2D eigenvalue weighted by atomic mass is 32.2. The van der Waals surface area contributed by atoms with Gasteiger partial charge in [0.05, 0.1) is 11.8 Å². The van der Waals surface area contributed by atoms with Crippen LogP contribution in [-0.4, -0.2) is 61.5 Å². The summed E-state index contributed by atoms with van der Waals surface area (Å²) in [5.74, 6) is 0.147. The molecule has 23 heavy (non-hydrogen) atoms. The SMILES string of the molecule is CCS(=O)(=O)N1CCN(C2CCc3ccccc3NC2=O)CC1. The Hall–Kier alpha value is -1.44. The molecule has 3 rings (SSSR count). The molecular formula is C16H23N3O3S. The Morgan fingerprint density at radius 2 is 1.87 bits per heavy atom. The molecule has 1 N–H and O–H groups in total. The fraction of sp³-hybridized carbons (Fsp3) is 0.562. The number of hydrogen-bond donors (Lipinski definition) is 1. The summed E-state index contributed by atoms with van der Waals surface area (Å²) in [7, 11) is -3.13. The van der Waals surface area contributed by atoms with Gasteiger partial charge in [0.1, 0.15) is 0 Å². The maximum Gasteiger partial charge on any atom is 0.241 e. The Balaban J connectivity index is 1.67. The van der Waals surface area contributed by atoms with Crippen LogP contribution < -0.4 is 5.32 Å². The summed E-state index contributed by atoms with van der Waals surface area (Å²) in [4.78, 5) is 14.6. The van der Waals surface area contributed by atoms with E-state index in [1.165, 1.54) is 4.31 Å². The van der Waals surface area contributed by atoms with E-state index in [4.69, 9.17) is 0 Å². The number of carbonyl (C=O) groups excluding carboxylic acids is 1. The number of benzene rings is 1. The van der Waals surface area contributed by atoms with E-state index in [9.17, 15) is 13.2 Å². The lowest BCUT2D eigenvalue weighted by atomic mass is 10.0. The van der Waals surface area contributed by atoms with Crippen LogP contribution in [0.1, 0.15) is 18.9 Å². The van der Waals surface area contributed by atoms with E-state index < -0.39 is 10.0 Å². The van der Waals surface area contributed by atoms with Gasteiger partial charge in [-0.1, -0.05) is 18.2 Å². The summed E-state index contributed by atoms with van der Waals surface area (Å²) in [5, 5.41) is 3.01. The van der Waals surface area contributed by atoms with Crippen molar-refractivity contribution in [2.75, 3.05) is 37.2 Å². The fourth-order valence-electron chi connectivity index (χ4n) is 3.32. The molecule has 0 bridgehead atoms. The Bertz CT molecular complexity index is 682. The number of nitrogens with zero attached hydrogens (tertiary/aromatic N) is 2. The predicted molar refractivity (Wildman–Crippen MR) is 89.8 cm³/mol. The van der Waals surface area contributed by atoms with E-state index in [2.05, 4.69) is 10.2 Å². The topological polar surface area (TPSA) is 69.7 Å². The summed E-state index contributed by atoms with van der Waals surface area (Å²) in [5.41, 5.74) is 2.06. The zero-order valence-corrected chi connectivity index (χ0v) is 14.2. The van der Waals surface area contributed by atoms with Crippen LogP contribution in [0.3, 0.4) is 0 Å². The van der Waals surface area contributed by atoms with Crippen LogP contribution in [0.2, 0.25) is 0 Å².